The molecule has 0 radical (unpaired) electrons. The van der Waals surface area contributed by atoms with Gasteiger partial charge >= 0.3 is 0 Å². The Morgan fingerprint density at radius 1 is 0.967 bits per heavy atom. The molecule has 2 aliphatic heterocycles. The number of carbonyl (C=O) groups is 1. The number of piperazine rings is 1. The Balaban J connectivity index is 1.23. The average Bonchev–Trinajstić information content (AvgIpc) is 3.65. The van der Waals surface area contributed by atoms with Crippen LogP contribution < -0.4 is 4.90 Å². The van der Waals surface area contributed by atoms with Crippen molar-refractivity contribution in [3.8, 4) is 0 Å². The number of nitrogens with zero attached hydrogens (tertiary/aromatic N) is 4. The molecule has 1 amide bonds. The Labute approximate surface area is 177 Å². The van der Waals surface area contributed by atoms with Crippen molar-refractivity contribution in [1.82, 2.24) is 14.2 Å². The first-order valence-electron chi connectivity index (χ1n) is 10.9. The summed E-state index contributed by atoms with van der Waals surface area (Å²) >= 11 is 0. The lowest BCUT2D eigenvalue weighted by molar-refractivity contribution is -0.137. The van der Waals surface area contributed by atoms with Crippen LogP contribution in [0.15, 0.2) is 36.5 Å². The average molecular weight is 429 g/mol. The second-order valence-electron chi connectivity index (χ2n) is 8.60. The Morgan fingerprint density at radius 3 is 2.50 bits per heavy atom. The minimum atomic E-state index is -3.20. The van der Waals surface area contributed by atoms with Gasteiger partial charge in [0.2, 0.25) is 15.9 Å². The minimum absolute atomic E-state index is 0.116. The highest BCUT2D eigenvalue weighted by atomic mass is 32.2. The molecule has 30 heavy (non-hydrogen) atoms. The molecule has 2 saturated heterocycles. The molecule has 1 aromatic carbocycles. The van der Waals surface area contributed by atoms with Crippen molar-refractivity contribution in [2.45, 2.75) is 30.9 Å². The van der Waals surface area contributed by atoms with E-state index in [0.29, 0.717) is 26.2 Å². The van der Waals surface area contributed by atoms with Gasteiger partial charge in [-0.25, -0.2) is 12.7 Å². The third-order valence-electron chi connectivity index (χ3n) is 6.60. The fraction of sp³-hybridized carbons (Fsp3) is 0.545. The van der Waals surface area contributed by atoms with Gasteiger partial charge in [0.15, 0.2) is 0 Å². The zero-order valence-corrected chi connectivity index (χ0v) is 17.9. The molecule has 3 heterocycles. The molecule has 1 aromatic heterocycles. The van der Waals surface area contributed by atoms with Crippen LogP contribution in [0.4, 0.5) is 5.69 Å². The van der Waals surface area contributed by atoms with E-state index >= 15 is 0 Å². The predicted molar refractivity (Wildman–Crippen MR) is 117 cm³/mol. The molecule has 1 saturated carbocycles. The van der Waals surface area contributed by atoms with E-state index in [4.69, 9.17) is 0 Å². The zero-order chi connectivity index (χ0) is 20.7. The maximum absolute atomic E-state index is 13.1. The third-order valence-corrected chi connectivity index (χ3v) is 8.96. The number of sulfonamides is 1. The molecular formula is C22H28N4O3S. The summed E-state index contributed by atoms with van der Waals surface area (Å²) in [6.45, 7) is 3.80. The van der Waals surface area contributed by atoms with Crippen molar-refractivity contribution in [3.63, 3.8) is 0 Å². The molecule has 0 N–H and O–H groups in total. The lowest BCUT2D eigenvalue weighted by atomic mass is 9.97. The maximum Gasteiger partial charge on any atom is 0.227 e. The number of benzene rings is 1. The van der Waals surface area contributed by atoms with E-state index in [2.05, 4.69) is 16.0 Å². The van der Waals surface area contributed by atoms with Crippen molar-refractivity contribution in [2.75, 3.05) is 44.2 Å². The molecule has 3 aliphatic rings. The number of fused-ring (bicyclic) bond motifs is 1. The summed E-state index contributed by atoms with van der Waals surface area (Å²) in [5.41, 5.74) is 2.14. The molecule has 0 spiro atoms. The molecular weight excluding hydrogens is 400 g/mol. The first-order valence-corrected chi connectivity index (χ1v) is 12.4. The van der Waals surface area contributed by atoms with Crippen LogP contribution in [-0.2, 0) is 14.8 Å². The number of amides is 1. The zero-order valence-electron chi connectivity index (χ0n) is 17.1. The van der Waals surface area contributed by atoms with Gasteiger partial charge in [0.1, 0.15) is 0 Å². The SMILES string of the molecule is O=C(C1CCCN(S(=O)(=O)C2CC2)C1)N1CCN(c2ccnc3ccccc23)CC1. The summed E-state index contributed by atoms with van der Waals surface area (Å²) in [7, 11) is -3.20. The van der Waals surface area contributed by atoms with Gasteiger partial charge < -0.3 is 9.80 Å². The topological polar surface area (TPSA) is 73.8 Å². The summed E-state index contributed by atoms with van der Waals surface area (Å²) in [6, 6.07) is 10.2. The highest BCUT2D eigenvalue weighted by Crippen LogP contribution is 2.34. The summed E-state index contributed by atoms with van der Waals surface area (Å²) in [5.74, 6) is -0.0921. The van der Waals surface area contributed by atoms with Gasteiger partial charge in [-0.3, -0.25) is 9.78 Å². The van der Waals surface area contributed by atoms with Crippen LogP contribution >= 0.6 is 0 Å². The predicted octanol–water partition coefficient (Wildman–Crippen LogP) is 2.09. The first kappa shape index (κ1) is 19.8. The summed E-state index contributed by atoms with van der Waals surface area (Å²) in [6.07, 6.45) is 4.92. The van der Waals surface area contributed by atoms with Crippen molar-refractivity contribution < 1.29 is 13.2 Å². The van der Waals surface area contributed by atoms with Crippen LogP contribution in [0.3, 0.4) is 0 Å². The quantitative estimate of drug-likeness (QED) is 0.746. The van der Waals surface area contributed by atoms with Crippen molar-refractivity contribution in [3.05, 3.63) is 36.5 Å². The van der Waals surface area contributed by atoms with E-state index < -0.39 is 10.0 Å². The van der Waals surface area contributed by atoms with Gasteiger partial charge in [0, 0.05) is 56.5 Å². The number of anilines is 1. The van der Waals surface area contributed by atoms with E-state index in [1.807, 2.05) is 35.4 Å². The van der Waals surface area contributed by atoms with Gasteiger partial charge in [0.05, 0.1) is 16.7 Å². The highest BCUT2D eigenvalue weighted by Gasteiger charge is 2.43. The van der Waals surface area contributed by atoms with Crippen LogP contribution in [-0.4, -0.2) is 73.0 Å². The van der Waals surface area contributed by atoms with Crippen LogP contribution in [0.2, 0.25) is 0 Å². The minimum Gasteiger partial charge on any atom is -0.367 e. The van der Waals surface area contributed by atoms with Gasteiger partial charge in [-0.15, -0.1) is 0 Å². The second-order valence-corrected chi connectivity index (χ2v) is 10.8. The van der Waals surface area contributed by atoms with Gasteiger partial charge in [-0.05, 0) is 37.8 Å². The smallest absolute Gasteiger partial charge is 0.227 e. The van der Waals surface area contributed by atoms with E-state index in [9.17, 15) is 13.2 Å². The standard InChI is InChI=1S/C22H28N4O3S/c27-22(17-4-3-11-26(16-17)30(28,29)18-7-8-18)25-14-12-24(13-15-25)21-9-10-23-20-6-2-1-5-19(20)21/h1-2,5-6,9-10,17-18H,3-4,7-8,11-16H2. The monoisotopic (exact) mass is 428 g/mol. The molecule has 160 valence electrons. The normalized spacial score (nSPS) is 23.7. The molecule has 7 nitrogen and oxygen atoms in total. The lowest BCUT2D eigenvalue weighted by Gasteiger charge is -2.39. The van der Waals surface area contributed by atoms with E-state index in [1.165, 1.54) is 0 Å². The molecule has 1 unspecified atom stereocenters. The lowest BCUT2D eigenvalue weighted by Crippen LogP contribution is -2.53. The Kier molecular flexibility index (Phi) is 5.14. The molecule has 1 atom stereocenters. The van der Waals surface area contributed by atoms with Crippen LogP contribution in [0.1, 0.15) is 25.7 Å². The van der Waals surface area contributed by atoms with Gasteiger partial charge in [0.25, 0.3) is 0 Å². The number of carbonyl (C=O) groups excluding carboxylic acids is 1. The Hall–Kier alpha value is -2.19. The van der Waals surface area contributed by atoms with Gasteiger partial charge in [-0.1, -0.05) is 18.2 Å². The van der Waals surface area contributed by atoms with Crippen LogP contribution in [0.5, 0.6) is 0 Å². The molecule has 2 aromatic rings. The Morgan fingerprint density at radius 2 is 1.73 bits per heavy atom. The number of pyridine rings is 1. The highest BCUT2D eigenvalue weighted by molar-refractivity contribution is 7.90. The largest absolute Gasteiger partial charge is 0.367 e. The van der Waals surface area contributed by atoms with Gasteiger partial charge in [-0.2, -0.15) is 0 Å². The maximum atomic E-state index is 13.1. The molecule has 8 heteroatoms. The molecule has 5 rings (SSSR count). The number of para-hydroxylation sites is 1. The molecule has 0 bridgehead atoms. The summed E-state index contributed by atoms with van der Waals surface area (Å²) in [5, 5.41) is 0.929. The number of hydrogen-bond acceptors (Lipinski definition) is 5. The molecule has 3 fully saturated rings. The third kappa shape index (κ3) is 3.67. The van der Waals surface area contributed by atoms with E-state index in [0.717, 1.165) is 55.4 Å². The van der Waals surface area contributed by atoms with Crippen molar-refractivity contribution in [1.29, 1.82) is 0 Å². The Bertz CT molecular complexity index is 1040. The van der Waals surface area contributed by atoms with Crippen molar-refractivity contribution >= 4 is 32.5 Å². The second kappa shape index (κ2) is 7.81. The van der Waals surface area contributed by atoms with Crippen molar-refractivity contribution in [2.24, 2.45) is 5.92 Å². The number of aromatic nitrogens is 1. The fourth-order valence-corrected chi connectivity index (χ4v) is 6.66. The summed E-state index contributed by atoms with van der Waals surface area (Å²) < 4.78 is 26.8. The van der Waals surface area contributed by atoms with E-state index in [-0.39, 0.29) is 17.1 Å². The van der Waals surface area contributed by atoms with Crippen LogP contribution in [0.25, 0.3) is 10.9 Å². The summed E-state index contributed by atoms with van der Waals surface area (Å²) in [4.78, 5) is 21.8. The fourth-order valence-electron chi connectivity index (χ4n) is 4.73. The number of hydrogen-bond donors (Lipinski definition) is 0. The number of piperidine rings is 1. The molecule has 1 aliphatic carbocycles. The first-order chi connectivity index (χ1) is 14.5. The van der Waals surface area contributed by atoms with E-state index in [1.54, 1.807) is 4.31 Å². The number of rotatable bonds is 4. The van der Waals surface area contributed by atoms with Crippen LogP contribution in [0, 0.1) is 5.92 Å².